The van der Waals surface area contributed by atoms with Crippen LogP contribution < -0.4 is 5.32 Å². The van der Waals surface area contributed by atoms with E-state index in [2.05, 4.69) is 10.5 Å². The van der Waals surface area contributed by atoms with Crippen LogP contribution in [0.25, 0.3) is 0 Å². The van der Waals surface area contributed by atoms with Crippen LogP contribution in [-0.4, -0.2) is 40.5 Å². The fourth-order valence-corrected chi connectivity index (χ4v) is 1.90. The SMILES string of the molecule is Cc1oncc1C(=O)N1CCNC(=O)C1(C)C. The molecule has 6 nitrogen and oxygen atoms in total. The Hall–Kier alpha value is -1.85. The highest BCUT2D eigenvalue weighted by Crippen LogP contribution is 2.21. The lowest BCUT2D eigenvalue weighted by molar-refractivity contribution is -0.133. The van der Waals surface area contributed by atoms with Crippen LogP contribution in [-0.2, 0) is 4.79 Å². The second kappa shape index (κ2) is 3.87. The van der Waals surface area contributed by atoms with Crippen molar-refractivity contribution in [2.24, 2.45) is 0 Å². The van der Waals surface area contributed by atoms with E-state index in [0.717, 1.165) is 0 Å². The number of amides is 2. The average molecular weight is 237 g/mol. The lowest BCUT2D eigenvalue weighted by Crippen LogP contribution is -2.63. The van der Waals surface area contributed by atoms with Gasteiger partial charge >= 0.3 is 0 Å². The number of carbonyl (C=O) groups excluding carboxylic acids is 2. The van der Waals surface area contributed by atoms with Crippen molar-refractivity contribution >= 4 is 11.8 Å². The molecular formula is C11H15N3O3. The molecule has 0 radical (unpaired) electrons. The summed E-state index contributed by atoms with van der Waals surface area (Å²) in [5.41, 5.74) is -0.438. The van der Waals surface area contributed by atoms with Crippen LogP contribution in [0, 0.1) is 6.92 Å². The van der Waals surface area contributed by atoms with Gasteiger partial charge in [-0.1, -0.05) is 5.16 Å². The smallest absolute Gasteiger partial charge is 0.260 e. The molecule has 0 bridgehead atoms. The predicted octanol–water partition coefficient (Wildman–Crippen LogP) is 0.334. The van der Waals surface area contributed by atoms with Crippen molar-refractivity contribution in [2.45, 2.75) is 26.3 Å². The number of hydrogen-bond donors (Lipinski definition) is 1. The summed E-state index contributed by atoms with van der Waals surface area (Å²) in [5.74, 6) is 0.103. The van der Waals surface area contributed by atoms with Gasteiger partial charge in [0.05, 0.1) is 6.20 Å². The Bertz CT molecular complexity index is 464. The average Bonchev–Trinajstić information content (AvgIpc) is 2.68. The van der Waals surface area contributed by atoms with Gasteiger partial charge in [0.25, 0.3) is 5.91 Å². The standard InChI is InChI=1S/C11H15N3O3/c1-7-8(6-13-17-7)9(15)14-5-4-12-10(16)11(14,2)3/h6H,4-5H2,1-3H3,(H,12,16). The van der Waals surface area contributed by atoms with Crippen molar-refractivity contribution < 1.29 is 14.1 Å². The maximum Gasteiger partial charge on any atom is 0.260 e. The van der Waals surface area contributed by atoms with Crippen LogP contribution in [0.15, 0.2) is 10.7 Å². The first-order valence-electron chi connectivity index (χ1n) is 5.46. The summed E-state index contributed by atoms with van der Waals surface area (Å²) < 4.78 is 4.87. The Kier molecular flexibility index (Phi) is 2.65. The van der Waals surface area contributed by atoms with E-state index in [1.54, 1.807) is 25.7 Å². The number of hydrogen-bond acceptors (Lipinski definition) is 4. The van der Waals surface area contributed by atoms with Crippen molar-refractivity contribution in [1.82, 2.24) is 15.4 Å². The Labute approximate surface area is 98.9 Å². The zero-order valence-electron chi connectivity index (χ0n) is 10.1. The Morgan fingerprint density at radius 1 is 1.59 bits per heavy atom. The minimum Gasteiger partial charge on any atom is -0.361 e. The van der Waals surface area contributed by atoms with Crippen LogP contribution in [0.2, 0.25) is 0 Å². The van der Waals surface area contributed by atoms with Gasteiger partial charge in [0, 0.05) is 13.1 Å². The topological polar surface area (TPSA) is 75.4 Å². The van der Waals surface area contributed by atoms with Crippen molar-refractivity contribution in [3.63, 3.8) is 0 Å². The molecule has 92 valence electrons. The van der Waals surface area contributed by atoms with Gasteiger partial charge in [0.15, 0.2) is 0 Å². The number of aryl methyl sites for hydroxylation is 1. The normalized spacial score (nSPS) is 19.0. The van der Waals surface area contributed by atoms with Gasteiger partial charge in [-0.2, -0.15) is 0 Å². The molecule has 0 saturated carbocycles. The van der Waals surface area contributed by atoms with E-state index in [4.69, 9.17) is 4.52 Å². The first kappa shape index (κ1) is 11.6. The Morgan fingerprint density at radius 3 is 2.88 bits per heavy atom. The van der Waals surface area contributed by atoms with E-state index in [9.17, 15) is 9.59 Å². The van der Waals surface area contributed by atoms with Crippen LogP contribution in [0.3, 0.4) is 0 Å². The highest BCUT2D eigenvalue weighted by Gasteiger charge is 2.41. The molecule has 1 saturated heterocycles. The molecule has 0 unspecified atom stereocenters. The van der Waals surface area contributed by atoms with Crippen LogP contribution in [0.1, 0.15) is 30.0 Å². The molecule has 0 aromatic carbocycles. The van der Waals surface area contributed by atoms with Crippen LogP contribution in [0.5, 0.6) is 0 Å². The molecule has 1 aliphatic heterocycles. The summed E-state index contributed by atoms with van der Waals surface area (Å²) in [5, 5.41) is 6.33. The molecule has 1 fully saturated rings. The molecule has 1 aromatic heterocycles. The number of aromatic nitrogens is 1. The van der Waals surface area contributed by atoms with Gasteiger partial charge in [-0.05, 0) is 20.8 Å². The summed E-state index contributed by atoms with van der Waals surface area (Å²) in [6.45, 7) is 6.09. The molecule has 1 aliphatic rings. The number of nitrogens with one attached hydrogen (secondary N) is 1. The maximum absolute atomic E-state index is 12.3. The van der Waals surface area contributed by atoms with Crippen molar-refractivity contribution in [3.05, 3.63) is 17.5 Å². The molecule has 0 atom stereocenters. The third-order valence-corrected chi connectivity index (χ3v) is 3.08. The van der Waals surface area contributed by atoms with E-state index in [1.165, 1.54) is 6.20 Å². The van der Waals surface area contributed by atoms with Gasteiger partial charge in [-0.25, -0.2) is 0 Å². The Morgan fingerprint density at radius 2 is 2.29 bits per heavy atom. The van der Waals surface area contributed by atoms with Crippen molar-refractivity contribution in [2.75, 3.05) is 13.1 Å². The second-order valence-corrected chi connectivity index (χ2v) is 4.57. The quantitative estimate of drug-likeness (QED) is 0.764. The zero-order chi connectivity index (χ0) is 12.6. The minimum atomic E-state index is -0.848. The molecular weight excluding hydrogens is 222 g/mol. The largest absolute Gasteiger partial charge is 0.361 e. The number of piperazine rings is 1. The molecule has 0 spiro atoms. The first-order chi connectivity index (χ1) is 7.94. The Balaban J connectivity index is 2.31. The third kappa shape index (κ3) is 1.79. The van der Waals surface area contributed by atoms with Gasteiger partial charge < -0.3 is 14.7 Å². The second-order valence-electron chi connectivity index (χ2n) is 4.57. The number of nitrogens with zero attached hydrogens (tertiary/aromatic N) is 2. The third-order valence-electron chi connectivity index (χ3n) is 3.08. The summed E-state index contributed by atoms with van der Waals surface area (Å²) in [4.78, 5) is 25.6. The van der Waals surface area contributed by atoms with E-state index < -0.39 is 5.54 Å². The molecule has 6 heteroatoms. The van der Waals surface area contributed by atoms with Crippen LogP contribution >= 0.6 is 0 Å². The number of rotatable bonds is 1. The summed E-state index contributed by atoms with van der Waals surface area (Å²) in [6, 6.07) is 0. The van der Waals surface area contributed by atoms with E-state index in [0.29, 0.717) is 24.4 Å². The fraction of sp³-hybridized carbons (Fsp3) is 0.545. The fourth-order valence-electron chi connectivity index (χ4n) is 1.90. The highest BCUT2D eigenvalue weighted by atomic mass is 16.5. The summed E-state index contributed by atoms with van der Waals surface area (Å²) in [7, 11) is 0. The predicted molar refractivity (Wildman–Crippen MR) is 59.4 cm³/mol. The lowest BCUT2D eigenvalue weighted by atomic mass is 9.98. The molecule has 2 heterocycles. The monoisotopic (exact) mass is 237 g/mol. The lowest BCUT2D eigenvalue weighted by Gasteiger charge is -2.40. The van der Waals surface area contributed by atoms with Crippen molar-refractivity contribution in [3.8, 4) is 0 Å². The van der Waals surface area contributed by atoms with Gasteiger partial charge in [0.2, 0.25) is 5.91 Å². The van der Waals surface area contributed by atoms with Crippen molar-refractivity contribution in [1.29, 1.82) is 0 Å². The molecule has 2 rings (SSSR count). The number of carbonyl (C=O) groups is 2. The molecule has 0 aliphatic carbocycles. The molecule has 17 heavy (non-hydrogen) atoms. The summed E-state index contributed by atoms with van der Waals surface area (Å²) in [6.07, 6.45) is 1.39. The van der Waals surface area contributed by atoms with E-state index >= 15 is 0 Å². The van der Waals surface area contributed by atoms with E-state index in [1.807, 2.05) is 0 Å². The minimum absolute atomic E-state index is 0.147. The zero-order valence-corrected chi connectivity index (χ0v) is 10.1. The van der Waals surface area contributed by atoms with E-state index in [-0.39, 0.29) is 11.8 Å². The first-order valence-corrected chi connectivity index (χ1v) is 5.46. The van der Waals surface area contributed by atoms with Gasteiger partial charge in [-0.15, -0.1) is 0 Å². The maximum atomic E-state index is 12.3. The molecule has 1 N–H and O–H groups in total. The molecule has 1 aromatic rings. The van der Waals surface area contributed by atoms with Gasteiger partial charge in [0.1, 0.15) is 16.9 Å². The van der Waals surface area contributed by atoms with Gasteiger partial charge in [-0.3, -0.25) is 9.59 Å². The highest BCUT2D eigenvalue weighted by molar-refractivity contribution is 6.00. The van der Waals surface area contributed by atoms with Crippen LogP contribution in [0.4, 0.5) is 0 Å². The molecule has 2 amide bonds. The summed E-state index contributed by atoms with van der Waals surface area (Å²) >= 11 is 0.